The first kappa shape index (κ1) is 16.9. The molecule has 4 rings (SSSR count). The molecular weight excluding hydrogens is 328 g/mol. The van der Waals surface area contributed by atoms with Crippen molar-refractivity contribution < 1.29 is 4.74 Å². The lowest BCUT2D eigenvalue weighted by Crippen LogP contribution is -2.38. The highest BCUT2D eigenvalue weighted by Crippen LogP contribution is 2.25. The Hall–Kier alpha value is -2.57. The van der Waals surface area contributed by atoms with Crippen LogP contribution < -0.4 is 15.4 Å². The molecule has 0 aliphatic carbocycles. The molecule has 0 bridgehead atoms. The number of guanidine groups is 1. The number of fused-ring (bicyclic) bond motifs is 2. The molecular formula is C19H26N6O. The van der Waals surface area contributed by atoms with Gasteiger partial charge < -0.3 is 19.9 Å². The third kappa shape index (κ3) is 3.66. The van der Waals surface area contributed by atoms with Crippen LogP contribution >= 0.6 is 0 Å². The van der Waals surface area contributed by atoms with E-state index in [1.54, 1.807) is 0 Å². The highest BCUT2D eigenvalue weighted by Gasteiger charge is 2.16. The molecule has 26 heavy (non-hydrogen) atoms. The first-order valence-electron chi connectivity index (χ1n) is 9.51. The van der Waals surface area contributed by atoms with Gasteiger partial charge in [-0.3, -0.25) is 0 Å². The molecule has 0 unspecified atom stereocenters. The number of nitrogens with zero attached hydrogens (tertiary/aromatic N) is 4. The van der Waals surface area contributed by atoms with Crippen molar-refractivity contribution in [2.45, 2.75) is 45.7 Å². The Balaban J connectivity index is 1.33. The summed E-state index contributed by atoms with van der Waals surface area (Å²) in [5.41, 5.74) is 2.65. The summed E-state index contributed by atoms with van der Waals surface area (Å²) in [5.74, 6) is 3.91. The number of hydrogen-bond acceptors (Lipinski definition) is 4. The molecule has 7 heteroatoms. The molecule has 2 N–H and O–H groups in total. The molecule has 0 fully saturated rings. The summed E-state index contributed by atoms with van der Waals surface area (Å²) in [4.78, 5) is 4.67. The maximum Gasteiger partial charge on any atom is 0.191 e. The van der Waals surface area contributed by atoms with E-state index >= 15 is 0 Å². The van der Waals surface area contributed by atoms with E-state index in [-0.39, 0.29) is 0 Å². The summed E-state index contributed by atoms with van der Waals surface area (Å²) >= 11 is 0. The predicted octanol–water partition coefficient (Wildman–Crippen LogP) is 1.46. The molecule has 2 aliphatic rings. The lowest BCUT2D eigenvalue weighted by molar-refractivity contribution is 0.357. The fourth-order valence-electron chi connectivity index (χ4n) is 3.54. The van der Waals surface area contributed by atoms with Crippen LogP contribution in [0.2, 0.25) is 0 Å². The summed E-state index contributed by atoms with van der Waals surface area (Å²) in [7, 11) is 0. The van der Waals surface area contributed by atoms with Crippen LogP contribution in [0, 0.1) is 0 Å². The molecule has 0 radical (unpaired) electrons. The van der Waals surface area contributed by atoms with Crippen molar-refractivity contribution in [2.75, 3.05) is 19.7 Å². The number of hydrogen-bond donors (Lipinski definition) is 2. The molecule has 0 amide bonds. The number of rotatable bonds is 6. The molecule has 7 nitrogen and oxygen atoms in total. The third-order valence-corrected chi connectivity index (χ3v) is 4.87. The van der Waals surface area contributed by atoms with Gasteiger partial charge in [-0.25, -0.2) is 4.99 Å². The first-order chi connectivity index (χ1) is 12.8. The summed E-state index contributed by atoms with van der Waals surface area (Å²) < 4.78 is 7.76. The summed E-state index contributed by atoms with van der Waals surface area (Å²) in [6.07, 6.45) is 4.16. The Labute approximate surface area is 153 Å². The lowest BCUT2D eigenvalue weighted by Gasteiger charge is -2.11. The molecule has 0 saturated carbocycles. The van der Waals surface area contributed by atoms with E-state index < -0.39 is 0 Å². The summed E-state index contributed by atoms with van der Waals surface area (Å²) in [5, 5.41) is 15.2. The Morgan fingerprint density at radius 2 is 2.23 bits per heavy atom. The minimum absolute atomic E-state index is 0.554. The highest BCUT2D eigenvalue weighted by atomic mass is 16.5. The summed E-state index contributed by atoms with van der Waals surface area (Å²) in [6, 6.07) is 6.49. The minimum Gasteiger partial charge on any atom is -0.493 e. The SMILES string of the molecule is CCNC(=NCc1nnc2n1CCC2)NCCc1ccc2c(c1)CCO2. The Bertz CT molecular complexity index is 797. The van der Waals surface area contributed by atoms with E-state index in [0.29, 0.717) is 6.54 Å². The number of aliphatic imine (C=N–C) groups is 1. The van der Waals surface area contributed by atoms with Crippen molar-refractivity contribution >= 4 is 5.96 Å². The van der Waals surface area contributed by atoms with E-state index in [9.17, 15) is 0 Å². The van der Waals surface area contributed by atoms with Crippen molar-refractivity contribution in [1.82, 2.24) is 25.4 Å². The Morgan fingerprint density at radius 3 is 3.15 bits per heavy atom. The molecule has 2 aromatic rings. The maximum atomic E-state index is 5.57. The Morgan fingerprint density at radius 1 is 1.27 bits per heavy atom. The fraction of sp³-hybridized carbons (Fsp3) is 0.526. The fourth-order valence-corrected chi connectivity index (χ4v) is 3.54. The van der Waals surface area contributed by atoms with E-state index in [1.165, 1.54) is 11.1 Å². The van der Waals surface area contributed by atoms with Crippen LogP contribution in [0.1, 0.15) is 36.1 Å². The standard InChI is InChI=1S/C19H26N6O/c1-2-20-19(22-13-18-24-23-17-4-3-10-25(17)18)21-9-7-14-5-6-16-15(12-14)8-11-26-16/h5-6,12H,2-4,7-11,13H2,1H3,(H2,20,21,22). The van der Waals surface area contributed by atoms with E-state index in [1.807, 2.05) is 0 Å². The van der Waals surface area contributed by atoms with Crippen LogP contribution in [0.5, 0.6) is 5.75 Å². The van der Waals surface area contributed by atoms with Gasteiger partial charge in [0.1, 0.15) is 18.1 Å². The molecule has 138 valence electrons. The van der Waals surface area contributed by atoms with Crippen LogP contribution in [-0.4, -0.2) is 40.4 Å². The zero-order valence-corrected chi connectivity index (χ0v) is 15.3. The number of ether oxygens (including phenoxy) is 1. The molecule has 0 spiro atoms. The normalized spacial score (nSPS) is 15.5. The molecule has 0 saturated heterocycles. The lowest BCUT2D eigenvalue weighted by atomic mass is 10.1. The zero-order chi connectivity index (χ0) is 17.8. The van der Waals surface area contributed by atoms with Gasteiger partial charge >= 0.3 is 0 Å². The number of aryl methyl sites for hydroxylation is 1. The maximum absolute atomic E-state index is 5.57. The van der Waals surface area contributed by atoms with Crippen LogP contribution in [0.25, 0.3) is 0 Å². The largest absolute Gasteiger partial charge is 0.493 e. The molecule has 1 aromatic carbocycles. The second-order valence-electron chi connectivity index (χ2n) is 6.70. The van der Waals surface area contributed by atoms with Crippen molar-refractivity contribution in [3.63, 3.8) is 0 Å². The van der Waals surface area contributed by atoms with Gasteiger partial charge in [-0.2, -0.15) is 0 Å². The van der Waals surface area contributed by atoms with E-state index in [0.717, 1.165) is 75.3 Å². The average Bonchev–Trinajstić information content (AvgIpc) is 3.36. The van der Waals surface area contributed by atoms with Crippen molar-refractivity contribution in [1.29, 1.82) is 0 Å². The Kier molecular flexibility index (Phi) is 5.04. The van der Waals surface area contributed by atoms with E-state index in [2.05, 4.69) is 55.5 Å². The molecule has 2 aliphatic heterocycles. The smallest absolute Gasteiger partial charge is 0.191 e. The van der Waals surface area contributed by atoms with Crippen LogP contribution in [0.4, 0.5) is 0 Å². The average molecular weight is 354 g/mol. The zero-order valence-electron chi connectivity index (χ0n) is 15.3. The predicted molar refractivity (Wildman–Crippen MR) is 101 cm³/mol. The second kappa shape index (κ2) is 7.76. The second-order valence-corrected chi connectivity index (χ2v) is 6.70. The van der Waals surface area contributed by atoms with Gasteiger partial charge in [0, 0.05) is 32.5 Å². The van der Waals surface area contributed by atoms with Gasteiger partial charge in [0.15, 0.2) is 11.8 Å². The number of benzene rings is 1. The number of aromatic nitrogens is 3. The van der Waals surface area contributed by atoms with Gasteiger partial charge in [-0.15, -0.1) is 10.2 Å². The first-order valence-corrected chi connectivity index (χ1v) is 9.51. The van der Waals surface area contributed by atoms with Crippen LogP contribution in [-0.2, 0) is 32.4 Å². The van der Waals surface area contributed by atoms with Gasteiger partial charge in [0.05, 0.1) is 6.61 Å². The van der Waals surface area contributed by atoms with Gasteiger partial charge in [-0.1, -0.05) is 12.1 Å². The van der Waals surface area contributed by atoms with Gasteiger partial charge in [0.25, 0.3) is 0 Å². The third-order valence-electron chi connectivity index (χ3n) is 4.87. The quantitative estimate of drug-likeness (QED) is 0.607. The minimum atomic E-state index is 0.554. The van der Waals surface area contributed by atoms with Crippen LogP contribution in [0.15, 0.2) is 23.2 Å². The molecule has 1 aromatic heterocycles. The van der Waals surface area contributed by atoms with Gasteiger partial charge in [0.2, 0.25) is 0 Å². The summed E-state index contributed by atoms with van der Waals surface area (Å²) in [6.45, 7) is 6.12. The number of nitrogens with one attached hydrogen (secondary N) is 2. The van der Waals surface area contributed by atoms with Crippen molar-refractivity contribution in [3.8, 4) is 5.75 Å². The van der Waals surface area contributed by atoms with Crippen molar-refractivity contribution in [3.05, 3.63) is 41.0 Å². The molecule has 0 atom stereocenters. The van der Waals surface area contributed by atoms with Gasteiger partial charge in [-0.05, 0) is 37.0 Å². The molecule has 3 heterocycles. The monoisotopic (exact) mass is 354 g/mol. The highest BCUT2D eigenvalue weighted by molar-refractivity contribution is 5.79. The van der Waals surface area contributed by atoms with Crippen LogP contribution in [0.3, 0.4) is 0 Å². The van der Waals surface area contributed by atoms with Crippen molar-refractivity contribution in [2.24, 2.45) is 4.99 Å². The topological polar surface area (TPSA) is 76.4 Å². The van der Waals surface area contributed by atoms with E-state index in [4.69, 9.17) is 4.74 Å².